The summed E-state index contributed by atoms with van der Waals surface area (Å²) in [6.07, 6.45) is 14.2. The zero-order chi connectivity index (χ0) is 12.8. The molecule has 0 aliphatic heterocycles. The first-order chi connectivity index (χ1) is 8.78. The molecule has 18 heavy (non-hydrogen) atoms. The van der Waals surface area contributed by atoms with Crippen molar-refractivity contribution in [3.63, 3.8) is 0 Å². The maximum absolute atomic E-state index is 9.54. The summed E-state index contributed by atoms with van der Waals surface area (Å²) in [6.45, 7) is 2.31. The monoisotopic (exact) mass is 253 g/mol. The van der Waals surface area contributed by atoms with Gasteiger partial charge >= 0.3 is 0 Å². The van der Waals surface area contributed by atoms with E-state index < -0.39 is 0 Å². The van der Waals surface area contributed by atoms with E-state index in [4.69, 9.17) is 0 Å². The summed E-state index contributed by atoms with van der Waals surface area (Å²) in [5.74, 6) is 0.995. The minimum absolute atomic E-state index is 0.0221. The van der Waals surface area contributed by atoms with Gasteiger partial charge in [0, 0.05) is 12.1 Å². The molecule has 0 aromatic heterocycles. The topological polar surface area (TPSA) is 32.3 Å². The van der Waals surface area contributed by atoms with Crippen LogP contribution < -0.4 is 5.32 Å². The Labute approximate surface area is 113 Å². The number of hydrogen-bond acceptors (Lipinski definition) is 2. The molecule has 2 aliphatic rings. The van der Waals surface area contributed by atoms with E-state index in [-0.39, 0.29) is 6.10 Å². The Bertz CT molecular complexity index is 223. The molecule has 0 amide bonds. The average molecular weight is 253 g/mol. The largest absolute Gasteiger partial charge is 0.393 e. The molecule has 0 heterocycles. The lowest BCUT2D eigenvalue weighted by Crippen LogP contribution is -2.41. The Morgan fingerprint density at radius 2 is 1.56 bits per heavy atom. The van der Waals surface area contributed by atoms with Crippen LogP contribution in [0.1, 0.15) is 77.6 Å². The molecular weight excluding hydrogens is 222 g/mol. The molecule has 2 saturated carbocycles. The van der Waals surface area contributed by atoms with Crippen molar-refractivity contribution in [2.75, 3.05) is 0 Å². The van der Waals surface area contributed by atoms with Gasteiger partial charge in [-0.2, -0.15) is 0 Å². The van der Waals surface area contributed by atoms with Crippen LogP contribution in [-0.4, -0.2) is 23.3 Å². The Kier molecular flexibility index (Phi) is 5.97. The fraction of sp³-hybridized carbons (Fsp3) is 1.00. The van der Waals surface area contributed by atoms with Crippen molar-refractivity contribution >= 4 is 0 Å². The quantitative estimate of drug-likeness (QED) is 0.750. The fourth-order valence-corrected chi connectivity index (χ4v) is 3.82. The van der Waals surface area contributed by atoms with Crippen molar-refractivity contribution < 1.29 is 5.11 Å². The summed E-state index contributed by atoms with van der Waals surface area (Å²) in [4.78, 5) is 0. The van der Waals surface area contributed by atoms with Crippen LogP contribution in [0.15, 0.2) is 0 Å². The number of nitrogens with one attached hydrogen (secondary N) is 1. The molecule has 0 spiro atoms. The SMILES string of the molecule is CCCC1CCCC(NC2CCC(O)CC2)CC1. The summed E-state index contributed by atoms with van der Waals surface area (Å²) in [6, 6.07) is 1.44. The lowest BCUT2D eigenvalue weighted by atomic mass is 9.92. The van der Waals surface area contributed by atoms with E-state index in [1.54, 1.807) is 0 Å². The average Bonchev–Trinajstić information content (AvgIpc) is 2.59. The standard InChI is InChI=1S/C16H31NO/c1-2-4-13-5-3-6-14(8-7-13)17-15-9-11-16(18)12-10-15/h13-18H,2-12H2,1H3. The molecule has 2 rings (SSSR count). The highest BCUT2D eigenvalue weighted by atomic mass is 16.3. The Morgan fingerprint density at radius 3 is 2.28 bits per heavy atom. The minimum atomic E-state index is -0.0221. The smallest absolute Gasteiger partial charge is 0.0541 e. The first kappa shape index (κ1) is 14.3. The van der Waals surface area contributed by atoms with E-state index >= 15 is 0 Å². The summed E-state index contributed by atoms with van der Waals surface area (Å²) in [5, 5.41) is 13.4. The zero-order valence-electron chi connectivity index (χ0n) is 12.0. The Balaban J connectivity index is 1.70. The van der Waals surface area contributed by atoms with Crippen LogP contribution in [0.4, 0.5) is 0 Å². The fourth-order valence-electron chi connectivity index (χ4n) is 3.82. The normalized spacial score (nSPS) is 38.3. The van der Waals surface area contributed by atoms with E-state index in [1.165, 1.54) is 57.8 Å². The van der Waals surface area contributed by atoms with Gasteiger partial charge in [-0.05, 0) is 50.9 Å². The maximum atomic E-state index is 9.54. The molecular formula is C16H31NO. The first-order valence-electron chi connectivity index (χ1n) is 8.22. The van der Waals surface area contributed by atoms with Crippen molar-refractivity contribution in [2.45, 2.75) is 95.7 Å². The second-order valence-electron chi connectivity index (χ2n) is 6.53. The minimum Gasteiger partial charge on any atom is -0.393 e. The molecule has 0 saturated heterocycles. The van der Waals surface area contributed by atoms with Crippen molar-refractivity contribution in [1.82, 2.24) is 5.32 Å². The number of aliphatic hydroxyl groups excluding tert-OH is 1. The van der Waals surface area contributed by atoms with E-state index in [1.807, 2.05) is 0 Å². The highest BCUT2D eigenvalue weighted by molar-refractivity contribution is 4.82. The highest BCUT2D eigenvalue weighted by Gasteiger charge is 2.24. The summed E-state index contributed by atoms with van der Waals surface area (Å²) >= 11 is 0. The zero-order valence-corrected chi connectivity index (χ0v) is 12.0. The van der Waals surface area contributed by atoms with Gasteiger partial charge in [0.05, 0.1) is 6.10 Å². The van der Waals surface area contributed by atoms with Gasteiger partial charge in [0.25, 0.3) is 0 Å². The predicted molar refractivity (Wildman–Crippen MR) is 76.7 cm³/mol. The van der Waals surface area contributed by atoms with Gasteiger partial charge < -0.3 is 10.4 Å². The first-order valence-corrected chi connectivity index (χ1v) is 8.22. The number of aliphatic hydroxyl groups is 1. The summed E-state index contributed by atoms with van der Waals surface area (Å²) < 4.78 is 0. The van der Waals surface area contributed by atoms with Crippen LogP contribution in [0.2, 0.25) is 0 Å². The van der Waals surface area contributed by atoms with Gasteiger partial charge in [-0.1, -0.05) is 32.6 Å². The molecule has 106 valence electrons. The van der Waals surface area contributed by atoms with Crippen molar-refractivity contribution in [3.8, 4) is 0 Å². The molecule has 2 nitrogen and oxygen atoms in total. The molecule has 2 N–H and O–H groups in total. The third-order valence-electron chi connectivity index (χ3n) is 4.95. The van der Waals surface area contributed by atoms with Crippen LogP contribution in [0, 0.1) is 5.92 Å². The van der Waals surface area contributed by atoms with Crippen LogP contribution in [0.3, 0.4) is 0 Å². The van der Waals surface area contributed by atoms with E-state index in [0.29, 0.717) is 6.04 Å². The van der Waals surface area contributed by atoms with Crippen LogP contribution in [0.5, 0.6) is 0 Å². The van der Waals surface area contributed by atoms with Crippen LogP contribution in [-0.2, 0) is 0 Å². The Morgan fingerprint density at radius 1 is 0.889 bits per heavy atom. The molecule has 2 fully saturated rings. The predicted octanol–water partition coefficient (Wildman–Crippen LogP) is 3.63. The number of rotatable bonds is 4. The molecule has 0 bridgehead atoms. The van der Waals surface area contributed by atoms with Gasteiger partial charge in [-0.25, -0.2) is 0 Å². The van der Waals surface area contributed by atoms with Gasteiger partial charge in [-0.15, -0.1) is 0 Å². The Hall–Kier alpha value is -0.0800. The third-order valence-corrected chi connectivity index (χ3v) is 4.95. The maximum Gasteiger partial charge on any atom is 0.0541 e. The molecule has 2 atom stereocenters. The molecule has 2 aliphatic carbocycles. The number of hydrogen-bond donors (Lipinski definition) is 2. The van der Waals surface area contributed by atoms with Gasteiger partial charge in [0.15, 0.2) is 0 Å². The van der Waals surface area contributed by atoms with Crippen LogP contribution >= 0.6 is 0 Å². The third kappa shape index (κ3) is 4.55. The van der Waals surface area contributed by atoms with Crippen molar-refractivity contribution in [1.29, 1.82) is 0 Å². The molecule has 0 aromatic carbocycles. The van der Waals surface area contributed by atoms with E-state index in [9.17, 15) is 5.11 Å². The lowest BCUT2D eigenvalue weighted by molar-refractivity contribution is 0.113. The molecule has 0 radical (unpaired) electrons. The van der Waals surface area contributed by atoms with E-state index in [0.717, 1.165) is 24.8 Å². The van der Waals surface area contributed by atoms with Gasteiger partial charge in [0.2, 0.25) is 0 Å². The summed E-state index contributed by atoms with van der Waals surface area (Å²) in [7, 11) is 0. The van der Waals surface area contributed by atoms with E-state index in [2.05, 4.69) is 12.2 Å². The molecule has 2 unspecified atom stereocenters. The molecule has 2 heteroatoms. The second kappa shape index (κ2) is 7.49. The van der Waals surface area contributed by atoms with Crippen molar-refractivity contribution in [2.24, 2.45) is 5.92 Å². The van der Waals surface area contributed by atoms with Gasteiger partial charge in [0.1, 0.15) is 0 Å². The van der Waals surface area contributed by atoms with Crippen LogP contribution in [0.25, 0.3) is 0 Å². The highest BCUT2D eigenvalue weighted by Crippen LogP contribution is 2.28. The van der Waals surface area contributed by atoms with Crippen molar-refractivity contribution in [3.05, 3.63) is 0 Å². The molecule has 0 aromatic rings. The van der Waals surface area contributed by atoms with Gasteiger partial charge in [-0.3, -0.25) is 0 Å². The second-order valence-corrected chi connectivity index (χ2v) is 6.53. The summed E-state index contributed by atoms with van der Waals surface area (Å²) in [5.41, 5.74) is 0. The lowest BCUT2D eigenvalue weighted by Gasteiger charge is -2.30.